The Morgan fingerprint density at radius 3 is 2.45 bits per heavy atom. The van der Waals surface area contributed by atoms with Crippen LogP contribution >= 0.6 is 11.5 Å². The van der Waals surface area contributed by atoms with Crippen LogP contribution in [0.25, 0.3) is 0 Å². The van der Waals surface area contributed by atoms with Gasteiger partial charge in [-0.05, 0) is 12.8 Å². The zero-order chi connectivity index (χ0) is 14.8. The van der Waals surface area contributed by atoms with Gasteiger partial charge in [0.05, 0.1) is 6.42 Å². The van der Waals surface area contributed by atoms with Crippen molar-refractivity contribution in [2.75, 3.05) is 11.4 Å². The largest absolute Gasteiger partial charge is 0.390 e. The minimum absolute atomic E-state index is 0.0130. The average molecular weight is 307 g/mol. The standard InChI is InChI=1S/C13H20F3N3S/c1-9(2)11-17-12(20-18-11)19(8-7-13(14,15)16)10-5-3-4-6-10/h9-10H,3-8H2,1-2H3. The number of nitrogens with zero attached hydrogens (tertiary/aromatic N) is 3. The summed E-state index contributed by atoms with van der Waals surface area (Å²) in [5, 5.41) is 0.643. The van der Waals surface area contributed by atoms with Gasteiger partial charge in [0.1, 0.15) is 5.82 Å². The number of hydrogen-bond donors (Lipinski definition) is 0. The van der Waals surface area contributed by atoms with Crippen LogP contribution in [0.3, 0.4) is 0 Å². The summed E-state index contributed by atoms with van der Waals surface area (Å²) in [6.45, 7) is 3.96. The topological polar surface area (TPSA) is 29.0 Å². The zero-order valence-corrected chi connectivity index (χ0v) is 12.6. The first-order valence-corrected chi connectivity index (χ1v) is 7.81. The van der Waals surface area contributed by atoms with Crippen molar-refractivity contribution in [2.45, 2.75) is 64.1 Å². The number of halogens is 3. The van der Waals surface area contributed by atoms with Crippen LogP contribution in [-0.2, 0) is 0 Å². The number of hydrogen-bond acceptors (Lipinski definition) is 4. The highest BCUT2D eigenvalue weighted by Gasteiger charge is 2.32. The molecule has 3 nitrogen and oxygen atoms in total. The number of alkyl halides is 3. The summed E-state index contributed by atoms with van der Waals surface area (Å²) in [7, 11) is 0. The Labute approximate surface area is 121 Å². The third-order valence-corrected chi connectivity index (χ3v) is 4.36. The fraction of sp³-hybridized carbons (Fsp3) is 0.846. The summed E-state index contributed by atoms with van der Waals surface area (Å²) in [4.78, 5) is 6.24. The molecule has 2 rings (SSSR count). The molecule has 0 N–H and O–H groups in total. The molecule has 7 heteroatoms. The molecule has 0 radical (unpaired) electrons. The molecule has 1 aliphatic carbocycles. The molecule has 1 fully saturated rings. The number of anilines is 1. The molecular weight excluding hydrogens is 287 g/mol. The van der Waals surface area contributed by atoms with Crippen molar-refractivity contribution in [3.05, 3.63) is 5.82 Å². The van der Waals surface area contributed by atoms with E-state index in [1.807, 2.05) is 18.7 Å². The van der Waals surface area contributed by atoms with Crippen molar-refractivity contribution in [3.8, 4) is 0 Å². The van der Waals surface area contributed by atoms with Gasteiger partial charge in [0.25, 0.3) is 0 Å². The number of aromatic nitrogens is 2. The normalized spacial score (nSPS) is 17.1. The quantitative estimate of drug-likeness (QED) is 0.809. The molecule has 1 aliphatic rings. The monoisotopic (exact) mass is 307 g/mol. The third kappa shape index (κ3) is 4.07. The Morgan fingerprint density at radius 2 is 1.95 bits per heavy atom. The van der Waals surface area contributed by atoms with Crippen LogP contribution in [0.4, 0.5) is 18.3 Å². The van der Waals surface area contributed by atoms with E-state index in [0.717, 1.165) is 31.5 Å². The summed E-state index contributed by atoms with van der Waals surface area (Å²) in [6.07, 6.45) is -0.836. The van der Waals surface area contributed by atoms with Crippen LogP contribution in [0.15, 0.2) is 0 Å². The van der Waals surface area contributed by atoms with Gasteiger partial charge in [-0.3, -0.25) is 0 Å². The lowest BCUT2D eigenvalue weighted by atomic mass is 10.2. The van der Waals surface area contributed by atoms with Crippen molar-refractivity contribution in [1.29, 1.82) is 0 Å². The van der Waals surface area contributed by atoms with E-state index in [1.54, 1.807) is 0 Å². The van der Waals surface area contributed by atoms with Crippen LogP contribution in [0.5, 0.6) is 0 Å². The molecule has 0 aliphatic heterocycles. The lowest BCUT2D eigenvalue weighted by Gasteiger charge is -2.28. The summed E-state index contributed by atoms with van der Waals surface area (Å²) >= 11 is 1.22. The van der Waals surface area contributed by atoms with E-state index in [9.17, 15) is 13.2 Å². The highest BCUT2D eigenvalue weighted by Crippen LogP contribution is 2.32. The average Bonchev–Trinajstić information content (AvgIpc) is 2.97. The summed E-state index contributed by atoms with van der Waals surface area (Å²) in [5.74, 6) is 0.924. The second kappa shape index (κ2) is 6.28. The Kier molecular flexibility index (Phi) is 4.88. The predicted octanol–water partition coefficient (Wildman–Crippen LogP) is 4.36. The number of rotatable bonds is 5. The van der Waals surface area contributed by atoms with Gasteiger partial charge in [-0.2, -0.15) is 17.5 Å². The van der Waals surface area contributed by atoms with Crippen molar-refractivity contribution >= 4 is 16.7 Å². The molecule has 1 saturated carbocycles. The molecule has 0 aromatic carbocycles. The highest BCUT2D eigenvalue weighted by molar-refractivity contribution is 7.09. The fourth-order valence-electron chi connectivity index (χ4n) is 2.48. The lowest BCUT2D eigenvalue weighted by Crippen LogP contribution is -2.36. The van der Waals surface area contributed by atoms with Crippen molar-refractivity contribution in [1.82, 2.24) is 9.36 Å². The summed E-state index contributed by atoms with van der Waals surface area (Å²) in [6, 6.07) is 0.185. The van der Waals surface area contributed by atoms with E-state index in [0.29, 0.717) is 5.13 Å². The molecule has 0 bridgehead atoms. The predicted molar refractivity (Wildman–Crippen MR) is 74.3 cm³/mol. The maximum Gasteiger partial charge on any atom is 0.390 e. The van der Waals surface area contributed by atoms with Crippen LogP contribution < -0.4 is 4.90 Å². The van der Waals surface area contributed by atoms with E-state index in [1.165, 1.54) is 11.5 Å². The molecule has 1 aromatic heterocycles. The molecule has 0 unspecified atom stereocenters. The highest BCUT2D eigenvalue weighted by atomic mass is 32.1. The van der Waals surface area contributed by atoms with Crippen molar-refractivity contribution < 1.29 is 13.2 Å². The lowest BCUT2D eigenvalue weighted by molar-refractivity contribution is -0.132. The minimum atomic E-state index is -4.12. The van der Waals surface area contributed by atoms with Gasteiger partial charge in [-0.1, -0.05) is 26.7 Å². The molecule has 1 aromatic rings. The molecule has 1 heterocycles. The van der Waals surface area contributed by atoms with Crippen molar-refractivity contribution in [2.24, 2.45) is 0 Å². The molecule has 114 valence electrons. The summed E-state index contributed by atoms with van der Waals surface area (Å²) < 4.78 is 41.7. The van der Waals surface area contributed by atoms with E-state index < -0.39 is 12.6 Å². The van der Waals surface area contributed by atoms with E-state index in [2.05, 4.69) is 9.36 Å². The van der Waals surface area contributed by atoms with Gasteiger partial charge in [-0.25, -0.2) is 4.98 Å². The molecule has 0 saturated heterocycles. The zero-order valence-electron chi connectivity index (χ0n) is 11.8. The first-order chi connectivity index (χ1) is 9.37. The first-order valence-electron chi connectivity index (χ1n) is 7.04. The Bertz CT molecular complexity index is 425. The van der Waals surface area contributed by atoms with E-state index >= 15 is 0 Å². The van der Waals surface area contributed by atoms with Gasteiger partial charge in [0.2, 0.25) is 5.13 Å². The Morgan fingerprint density at radius 1 is 1.30 bits per heavy atom. The second-order valence-electron chi connectivity index (χ2n) is 5.59. The van der Waals surface area contributed by atoms with Gasteiger partial charge in [0, 0.05) is 30.0 Å². The summed E-state index contributed by atoms with van der Waals surface area (Å²) in [5.41, 5.74) is 0. The molecule has 0 spiro atoms. The van der Waals surface area contributed by atoms with Gasteiger partial charge in [0.15, 0.2) is 0 Å². The van der Waals surface area contributed by atoms with E-state index in [4.69, 9.17) is 0 Å². The van der Waals surface area contributed by atoms with Crippen LogP contribution in [-0.4, -0.2) is 28.1 Å². The Hall–Kier alpha value is -0.850. The third-order valence-electron chi connectivity index (χ3n) is 3.59. The maximum absolute atomic E-state index is 12.5. The first kappa shape index (κ1) is 15.5. The van der Waals surface area contributed by atoms with Gasteiger partial charge in [-0.15, -0.1) is 0 Å². The molecule has 20 heavy (non-hydrogen) atoms. The van der Waals surface area contributed by atoms with Gasteiger partial charge >= 0.3 is 6.18 Å². The SMILES string of the molecule is CC(C)c1nsc(N(CCC(F)(F)F)C2CCCC2)n1. The van der Waals surface area contributed by atoms with E-state index in [-0.39, 0.29) is 18.5 Å². The minimum Gasteiger partial charge on any atom is -0.344 e. The van der Waals surface area contributed by atoms with Crippen LogP contribution in [0, 0.1) is 0 Å². The van der Waals surface area contributed by atoms with Gasteiger partial charge < -0.3 is 4.90 Å². The van der Waals surface area contributed by atoms with Crippen LogP contribution in [0.1, 0.15) is 57.7 Å². The molecule has 0 amide bonds. The van der Waals surface area contributed by atoms with Crippen LogP contribution in [0.2, 0.25) is 0 Å². The molecular formula is C13H20F3N3S. The van der Waals surface area contributed by atoms with Crippen molar-refractivity contribution in [3.63, 3.8) is 0 Å². The smallest absolute Gasteiger partial charge is 0.344 e. The molecule has 0 atom stereocenters. The maximum atomic E-state index is 12.5. The Balaban J connectivity index is 2.11. The fourth-order valence-corrected chi connectivity index (χ4v) is 3.38. The second-order valence-corrected chi connectivity index (χ2v) is 6.32.